The van der Waals surface area contributed by atoms with Gasteiger partial charge in [-0.3, -0.25) is 4.79 Å². The average molecular weight is 443 g/mol. The molecule has 168 valence electrons. The van der Waals surface area contributed by atoms with Crippen LogP contribution in [0.4, 0.5) is 22.0 Å². The van der Waals surface area contributed by atoms with Crippen molar-refractivity contribution in [1.29, 1.82) is 0 Å². The standard InChI is InChI=1S/C22H22F5NO3/c1-30-20-10-14(2-8-19(20)31-13-22(25,26)27)3-9-21(29)28(17-6-7-17)12-15-4-5-16(23)11-18(15)24/h2,4-5,8,10-11,17H,3,6-7,9,12-13H2,1H3. The van der Waals surface area contributed by atoms with Crippen molar-refractivity contribution in [2.75, 3.05) is 13.7 Å². The molecular formula is C22H22F5NO3. The van der Waals surface area contributed by atoms with Crippen LogP contribution in [0.3, 0.4) is 0 Å². The molecule has 4 nitrogen and oxygen atoms in total. The van der Waals surface area contributed by atoms with Crippen molar-refractivity contribution in [2.45, 2.75) is 44.4 Å². The lowest BCUT2D eigenvalue weighted by Crippen LogP contribution is -2.33. The lowest BCUT2D eigenvalue weighted by atomic mass is 10.1. The van der Waals surface area contributed by atoms with E-state index < -0.39 is 24.4 Å². The Kier molecular flexibility index (Phi) is 7.02. The van der Waals surface area contributed by atoms with Crippen molar-refractivity contribution in [3.05, 3.63) is 59.2 Å². The van der Waals surface area contributed by atoms with E-state index in [-0.39, 0.29) is 42.0 Å². The molecule has 1 fully saturated rings. The number of alkyl halides is 3. The molecular weight excluding hydrogens is 421 g/mol. The summed E-state index contributed by atoms with van der Waals surface area (Å²) in [4.78, 5) is 14.4. The maximum atomic E-state index is 14.0. The minimum Gasteiger partial charge on any atom is -0.493 e. The van der Waals surface area contributed by atoms with Gasteiger partial charge in [0.25, 0.3) is 0 Å². The number of rotatable bonds is 9. The third-order valence-electron chi connectivity index (χ3n) is 4.91. The molecule has 0 aromatic heterocycles. The summed E-state index contributed by atoms with van der Waals surface area (Å²) in [5, 5.41) is 0. The molecule has 0 bridgehead atoms. The number of hydrogen-bond acceptors (Lipinski definition) is 3. The van der Waals surface area contributed by atoms with Gasteiger partial charge in [-0.1, -0.05) is 12.1 Å². The number of aryl methyl sites for hydroxylation is 1. The Labute approximate surface area is 176 Å². The van der Waals surface area contributed by atoms with Gasteiger partial charge in [-0.05, 0) is 43.0 Å². The maximum Gasteiger partial charge on any atom is 0.422 e. The van der Waals surface area contributed by atoms with E-state index in [0.717, 1.165) is 25.0 Å². The summed E-state index contributed by atoms with van der Waals surface area (Å²) >= 11 is 0. The van der Waals surface area contributed by atoms with Crippen LogP contribution in [0.1, 0.15) is 30.4 Å². The highest BCUT2D eigenvalue weighted by atomic mass is 19.4. The first-order valence-corrected chi connectivity index (χ1v) is 9.76. The molecule has 2 aromatic carbocycles. The van der Waals surface area contributed by atoms with Gasteiger partial charge in [0, 0.05) is 30.6 Å². The molecule has 31 heavy (non-hydrogen) atoms. The van der Waals surface area contributed by atoms with Crippen LogP contribution >= 0.6 is 0 Å². The van der Waals surface area contributed by atoms with Crippen molar-refractivity contribution in [3.63, 3.8) is 0 Å². The third kappa shape index (κ3) is 6.57. The van der Waals surface area contributed by atoms with E-state index in [4.69, 9.17) is 9.47 Å². The zero-order chi connectivity index (χ0) is 22.6. The number of nitrogens with zero attached hydrogens (tertiary/aromatic N) is 1. The van der Waals surface area contributed by atoms with Gasteiger partial charge >= 0.3 is 6.18 Å². The van der Waals surface area contributed by atoms with Crippen molar-refractivity contribution in [3.8, 4) is 11.5 Å². The molecule has 9 heteroatoms. The summed E-state index contributed by atoms with van der Waals surface area (Å²) in [5.41, 5.74) is 0.933. The number of benzene rings is 2. The largest absolute Gasteiger partial charge is 0.493 e. The van der Waals surface area contributed by atoms with Gasteiger partial charge in [-0.25, -0.2) is 8.78 Å². The Hall–Kier alpha value is -2.84. The molecule has 0 N–H and O–H groups in total. The molecule has 1 amide bonds. The van der Waals surface area contributed by atoms with Gasteiger partial charge in [0.05, 0.1) is 7.11 Å². The van der Waals surface area contributed by atoms with Crippen molar-refractivity contribution >= 4 is 5.91 Å². The van der Waals surface area contributed by atoms with E-state index in [0.29, 0.717) is 12.0 Å². The second kappa shape index (κ2) is 9.53. The van der Waals surface area contributed by atoms with E-state index in [9.17, 15) is 26.7 Å². The van der Waals surface area contributed by atoms with E-state index in [2.05, 4.69) is 0 Å². The number of halogens is 5. The SMILES string of the molecule is COc1cc(CCC(=O)N(Cc2ccc(F)cc2F)C2CC2)ccc1OCC(F)(F)F. The lowest BCUT2D eigenvalue weighted by molar-refractivity contribution is -0.153. The Balaban J connectivity index is 1.63. The van der Waals surface area contributed by atoms with Crippen LogP contribution in [-0.4, -0.2) is 36.7 Å². The number of amides is 1. The van der Waals surface area contributed by atoms with E-state index >= 15 is 0 Å². The van der Waals surface area contributed by atoms with Crippen LogP contribution in [0.25, 0.3) is 0 Å². The maximum absolute atomic E-state index is 14.0. The molecule has 1 aliphatic rings. The summed E-state index contributed by atoms with van der Waals surface area (Å²) in [7, 11) is 1.32. The van der Waals surface area contributed by atoms with E-state index in [1.54, 1.807) is 11.0 Å². The van der Waals surface area contributed by atoms with Crippen LogP contribution in [0.5, 0.6) is 11.5 Å². The number of methoxy groups -OCH3 is 1. The molecule has 0 saturated heterocycles. The lowest BCUT2D eigenvalue weighted by Gasteiger charge is -2.23. The van der Waals surface area contributed by atoms with Crippen LogP contribution < -0.4 is 9.47 Å². The van der Waals surface area contributed by atoms with Crippen molar-refractivity contribution < 1.29 is 36.2 Å². The minimum absolute atomic E-state index is 0.0321. The quantitative estimate of drug-likeness (QED) is 0.510. The molecule has 0 spiro atoms. The number of carbonyl (C=O) groups excluding carboxylic acids is 1. The number of ether oxygens (including phenoxy) is 2. The first kappa shape index (κ1) is 22.8. The second-order valence-corrected chi connectivity index (χ2v) is 7.38. The van der Waals surface area contributed by atoms with Gasteiger partial charge in [0.15, 0.2) is 18.1 Å². The first-order chi connectivity index (χ1) is 14.7. The fourth-order valence-electron chi connectivity index (χ4n) is 3.18. The van der Waals surface area contributed by atoms with Gasteiger partial charge < -0.3 is 14.4 Å². The highest BCUT2D eigenvalue weighted by Gasteiger charge is 2.33. The molecule has 0 atom stereocenters. The normalized spacial score (nSPS) is 13.7. The summed E-state index contributed by atoms with van der Waals surface area (Å²) in [6.07, 6.45) is -2.36. The predicted molar refractivity (Wildman–Crippen MR) is 103 cm³/mol. The number of hydrogen-bond donors (Lipinski definition) is 0. The molecule has 0 aliphatic heterocycles. The first-order valence-electron chi connectivity index (χ1n) is 9.76. The topological polar surface area (TPSA) is 38.8 Å². The van der Waals surface area contributed by atoms with E-state index in [1.165, 1.54) is 25.3 Å². The summed E-state index contributed by atoms with van der Waals surface area (Å²) < 4.78 is 74.1. The molecule has 0 unspecified atom stereocenters. The Morgan fingerprint density at radius 3 is 2.45 bits per heavy atom. The van der Waals surface area contributed by atoms with Crippen LogP contribution in [0.2, 0.25) is 0 Å². The summed E-state index contributed by atoms with van der Waals surface area (Å²) in [5.74, 6) is -1.45. The van der Waals surface area contributed by atoms with Gasteiger partial charge in [-0.15, -0.1) is 0 Å². The minimum atomic E-state index is -4.47. The Morgan fingerprint density at radius 2 is 1.84 bits per heavy atom. The molecule has 1 saturated carbocycles. The summed E-state index contributed by atoms with van der Waals surface area (Å²) in [6.45, 7) is -1.37. The van der Waals surface area contributed by atoms with Crippen molar-refractivity contribution in [1.82, 2.24) is 4.90 Å². The zero-order valence-corrected chi connectivity index (χ0v) is 16.8. The Bertz CT molecular complexity index is 928. The molecule has 1 aliphatic carbocycles. The third-order valence-corrected chi connectivity index (χ3v) is 4.91. The molecule has 0 heterocycles. The van der Waals surface area contributed by atoms with Crippen molar-refractivity contribution in [2.24, 2.45) is 0 Å². The van der Waals surface area contributed by atoms with Crippen LogP contribution in [0, 0.1) is 11.6 Å². The highest BCUT2D eigenvalue weighted by Crippen LogP contribution is 2.32. The summed E-state index contributed by atoms with van der Waals surface area (Å²) in [6, 6.07) is 7.78. The Morgan fingerprint density at radius 1 is 1.10 bits per heavy atom. The molecule has 0 radical (unpaired) electrons. The fourth-order valence-corrected chi connectivity index (χ4v) is 3.18. The zero-order valence-electron chi connectivity index (χ0n) is 16.8. The van der Waals surface area contributed by atoms with Crippen LogP contribution in [0.15, 0.2) is 36.4 Å². The monoisotopic (exact) mass is 443 g/mol. The molecule has 2 aromatic rings. The molecule has 3 rings (SSSR count). The van der Waals surface area contributed by atoms with E-state index in [1.807, 2.05) is 0 Å². The predicted octanol–water partition coefficient (Wildman–Crippen LogP) is 5.04. The van der Waals surface area contributed by atoms with Gasteiger partial charge in [0.1, 0.15) is 11.6 Å². The fraction of sp³-hybridized carbons (Fsp3) is 0.409. The van der Waals surface area contributed by atoms with Gasteiger partial charge in [0.2, 0.25) is 5.91 Å². The second-order valence-electron chi connectivity index (χ2n) is 7.38. The van der Waals surface area contributed by atoms with Crippen LogP contribution in [-0.2, 0) is 17.8 Å². The van der Waals surface area contributed by atoms with Gasteiger partial charge in [-0.2, -0.15) is 13.2 Å². The average Bonchev–Trinajstić information content (AvgIpc) is 3.54. The smallest absolute Gasteiger partial charge is 0.422 e. The highest BCUT2D eigenvalue weighted by molar-refractivity contribution is 5.77. The number of carbonyl (C=O) groups is 1.